The molecule has 2 aromatic rings. The lowest BCUT2D eigenvalue weighted by molar-refractivity contribution is -0.274. The molecule has 1 aliphatic rings. The highest BCUT2D eigenvalue weighted by atomic mass is 35.5. The van der Waals surface area contributed by atoms with Gasteiger partial charge in [0.25, 0.3) is 0 Å². The Labute approximate surface area is 136 Å². The molecule has 3 rings (SSSR count). The minimum atomic E-state index is -4.69. The van der Waals surface area contributed by atoms with Crippen molar-refractivity contribution in [3.8, 4) is 11.5 Å². The van der Waals surface area contributed by atoms with Gasteiger partial charge >= 0.3 is 6.36 Å². The molecule has 0 radical (unpaired) electrons. The highest BCUT2D eigenvalue weighted by Gasteiger charge is 2.31. The molecule has 2 heterocycles. The average molecular weight is 347 g/mol. The molecule has 0 bridgehead atoms. The SMILES string of the molecule is FC(F)(F)Oc1ccccc1Cl.NC1CCOc2cccnc21. The van der Waals surface area contributed by atoms with Crippen LogP contribution in [0.1, 0.15) is 18.2 Å². The summed E-state index contributed by atoms with van der Waals surface area (Å²) in [6, 6.07) is 9.22. The van der Waals surface area contributed by atoms with E-state index in [2.05, 4.69) is 9.72 Å². The third-order valence-electron chi connectivity index (χ3n) is 2.90. The molecule has 2 N–H and O–H groups in total. The number of aromatic nitrogens is 1. The van der Waals surface area contributed by atoms with Gasteiger partial charge < -0.3 is 15.2 Å². The number of nitrogens with two attached hydrogens (primary N) is 1. The summed E-state index contributed by atoms with van der Waals surface area (Å²) in [6.07, 6.45) is -2.08. The first kappa shape index (κ1) is 17.4. The molecule has 0 spiro atoms. The zero-order chi connectivity index (χ0) is 16.9. The van der Waals surface area contributed by atoms with Gasteiger partial charge in [0.05, 0.1) is 23.4 Å². The van der Waals surface area contributed by atoms with E-state index in [1.807, 2.05) is 12.1 Å². The fraction of sp³-hybridized carbons (Fsp3) is 0.267. The van der Waals surface area contributed by atoms with E-state index in [1.54, 1.807) is 6.20 Å². The summed E-state index contributed by atoms with van der Waals surface area (Å²) in [7, 11) is 0. The van der Waals surface area contributed by atoms with Crippen LogP contribution in [0.3, 0.4) is 0 Å². The number of nitrogens with zero attached hydrogens (tertiary/aromatic N) is 1. The number of rotatable bonds is 1. The van der Waals surface area contributed by atoms with Gasteiger partial charge in [-0.1, -0.05) is 23.7 Å². The van der Waals surface area contributed by atoms with Crippen LogP contribution in [-0.4, -0.2) is 18.0 Å². The molecule has 1 aromatic carbocycles. The number of hydrogen-bond donors (Lipinski definition) is 1. The van der Waals surface area contributed by atoms with Crippen molar-refractivity contribution in [2.45, 2.75) is 18.8 Å². The molecule has 8 heteroatoms. The van der Waals surface area contributed by atoms with E-state index in [0.29, 0.717) is 6.61 Å². The summed E-state index contributed by atoms with van der Waals surface area (Å²) < 4.78 is 43.9. The van der Waals surface area contributed by atoms with Crippen molar-refractivity contribution in [2.24, 2.45) is 5.73 Å². The number of ether oxygens (including phenoxy) is 2. The zero-order valence-electron chi connectivity index (χ0n) is 11.9. The molecule has 1 aliphatic heterocycles. The van der Waals surface area contributed by atoms with Crippen molar-refractivity contribution >= 4 is 11.6 Å². The standard InChI is InChI=1S/C8H10N2O.C7H4ClF3O/c9-6-3-5-11-7-2-1-4-10-8(6)7;8-5-3-1-2-4-6(5)12-7(9,10)11/h1-2,4,6H,3,5,9H2;1-4H. The van der Waals surface area contributed by atoms with Gasteiger partial charge in [-0.15, -0.1) is 13.2 Å². The third kappa shape index (κ3) is 5.30. The molecular formula is C15H14ClF3N2O2. The van der Waals surface area contributed by atoms with Crippen molar-refractivity contribution in [3.05, 3.63) is 53.3 Å². The summed E-state index contributed by atoms with van der Waals surface area (Å²) in [4.78, 5) is 4.15. The Hall–Kier alpha value is -1.99. The molecule has 0 aliphatic carbocycles. The Morgan fingerprint density at radius 3 is 2.61 bits per heavy atom. The normalized spacial score (nSPS) is 16.5. The summed E-state index contributed by atoms with van der Waals surface area (Å²) in [5.74, 6) is 0.456. The van der Waals surface area contributed by atoms with Crippen molar-refractivity contribution in [1.82, 2.24) is 4.98 Å². The third-order valence-corrected chi connectivity index (χ3v) is 3.21. The van der Waals surface area contributed by atoms with Crippen LogP contribution in [0, 0.1) is 0 Å². The molecule has 1 atom stereocenters. The van der Waals surface area contributed by atoms with E-state index in [1.165, 1.54) is 18.2 Å². The Morgan fingerprint density at radius 1 is 1.22 bits per heavy atom. The lowest BCUT2D eigenvalue weighted by Gasteiger charge is -2.20. The molecular weight excluding hydrogens is 333 g/mol. The maximum atomic E-state index is 11.6. The van der Waals surface area contributed by atoms with Crippen LogP contribution in [0.2, 0.25) is 5.02 Å². The quantitative estimate of drug-likeness (QED) is 0.844. The fourth-order valence-electron chi connectivity index (χ4n) is 1.89. The second-order valence-electron chi connectivity index (χ2n) is 4.61. The van der Waals surface area contributed by atoms with Crippen LogP contribution in [0.5, 0.6) is 11.5 Å². The van der Waals surface area contributed by atoms with Gasteiger partial charge in [0.15, 0.2) is 0 Å². The van der Waals surface area contributed by atoms with Crippen molar-refractivity contribution in [2.75, 3.05) is 6.61 Å². The van der Waals surface area contributed by atoms with E-state index in [9.17, 15) is 13.2 Å². The Kier molecular flexibility index (Phi) is 5.68. The number of benzene rings is 1. The topological polar surface area (TPSA) is 57.4 Å². The second kappa shape index (κ2) is 7.52. The molecule has 1 unspecified atom stereocenters. The average Bonchev–Trinajstić information content (AvgIpc) is 2.50. The van der Waals surface area contributed by atoms with Crippen LogP contribution in [-0.2, 0) is 0 Å². The maximum absolute atomic E-state index is 11.6. The second-order valence-corrected chi connectivity index (χ2v) is 5.02. The van der Waals surface area contributed by atoms with Gasteiger partial charge in [-0.3, -0.25) is 4.98 Å². The highest BCUT2D eigenvalue weighted by Crippen LogP contribution is 2.29. The fourth-order valence-corrected chi connectivity index (χ4v) is 2.06. The smallest absolute Gasteiger partial charge is 0.492 e. The van der Waals surface area contributed by atoms with E-state index < -0.39 is 6.36 Å². The van der Waals surface area contributed by atoms with Crippen LogP contribution in [0.25, 0.3) is 0 Å². The first-order valence-electron chi connectivity index (χ1n) is 6.70. The first-order chi connectivity index (χ1) is 10.9. The maximum Gasteiger partial charge on any atom is 0.573 e. The first-order valence-corrected chi connectivity index (χ1v) is 7.08. The summed E-state index contributed by atoms with van der Waals surface area (Å²) in [5.41, 5.74) is 6.69. The van der Waals surface area contributed by atoms with Crippen molar-refractivity contribution < 1.29 is 22.6 Å². The summed E-state index contributed by atoms with van der Waals surface area (Å²) in [5, 5.41) is -0.0603. The minimum absolute atomic E-state index is 0.0555. The predicted octanol–water partition coefficient (Wildman–Crippen LogP) is 4.10. The van der Waals surface area contributed by atoms with Crippen molar-refractivity contribution in [1.29, 1.82) is 0 Å². The molecule has 1 aromatic heterocycles. The Balaban J connectivity index is 0.000000167. The van der Waals surface area contributed by atoms with E-state index in [4.69, 9.17) is 22.1 Å². The van der Waals surface area contributed by atoms with Crippen LogP contribution in [0.4, 0.5) is 13.2 Å². The van der Waals surface area contributed by atoms with Crippen LogP contribution < -0.4 is 15.2 Å². The number of pyridine rings is 1. The Bertz CT molecular complexity index is 653. The van der Waals surface area contributed by atoms with Gasteiger partial charge in [0, 0.05) is 12.6 Å². The summed E-state index contributed by atoms with van der Waals surface area (Å²) in [6.45, 7) is 0.708. The Morgan fingerprint density at radius 2 is 1.96 bits per heavy atom. The molecule has 4 nitrogen and oxygen atoms in total. The number of fused-ring (bicyclic) bond motifs is 1. The molecule has 0 saturated heterocycles. The van der Waals surface area contributed by atoms with Gasteiger partial charge in [-0.25, -0.2) is 0 Å². The van der Waals surface area contributed by atoms with Crippen molar-refractivity contribution in [3.63, 3.8) is 0 Å². The van der Waals surface area contributed by atoms with Crippen LogP contribution >= 0.6 is 11.6 Å². The number of hydrogen-bond acceptors (Lipinski definition) is 4. The van der Waals surface area contributed by atoms with E-state index in [-0.39, 0.29) is 16.8 Å². The predicted molar refractivity (Wildman–Crippen MR) is 79.4 cm³/mol. The molecule has 0 fully saturated rings. The molecule has 0 amide bonds. The van der Waals surface area contributed by atoms with Gasteiger partial charge in [-0.2, -0.15) is 0 Å². The lowest BCUT2D eigenvalue weighted by atomic mass is 10.1. The molecule has 23 heavy (non-hydrogen) atoms. The van der Waals surface area contributed by atoms with Crippen LogP contribution in [0.15, 0.2) is 42.6 Å². The molecule has 0 saturated carbocycles. The zero-order valence-corrected chi connectivity index (χ0v) is 12.6. The monoisotopic (exact) mass is 346 g/mol. The number of para-hydroxylation sites is 1. The van der Waals surface area contributed by atoms with Gasteiger partial charge in [0.1, 0.15) is 11.5 Å². The summed E-state index contributed by atoms with van der Waals surface area (Å²) >= 11 is 5.41. The highest BCUT2D eigenvalue weighted by molar-refractivity contribution is 6.32. The van der Waals surface area contributed by atoms with E-state index >= 15 is 0 Å². The number of halogens is 4. The number of alkyl halides is 3. The van der Waals surface area contributed by atoms with Gasteiger partial charge in [-0.05, 0) is 24.3 Å². The lowest BCUT2D eigenvalue weighted by Crippen LogP contribution is -2.21. The van der Waals surface area contributed by atoms with E-state index in [0.717, 1.165) is 23.9 Å². The largest absolute Gasteiger partial charge is 0.573 e. The molecule has 124 valence electrons. The van der Waals surface area contributed by atoms with Gasteiger partial charge in [0.2, 0.25) is 0 Å². The minimum Gasteiger partial charge on any atom is -0.492 e.